The van der Waals surface area contributed by atoms with Crippen LogP contribution in [0.1, 0.15) is 17.7 Å². The Bertz CT molecular complexity index is 592. The van der Waals surface area contributed by atoms with Crippen molar-refractivity contribution in [2.24, 2.45) is 0 Å². The van der Waals surface area contributed by atoms with Crippen LogP contribution in [0.5, 0.6) is 0 Å². The van der Waals surface area contributed by atoms with Gasteiger partial charge in [-0.2, -0.15) is 5.10 Å². The van der Waals surface area contributed by atoms with Crippen molar-refractivity contribution in [3.8, 4) is 0 Å². The van der Waals surface area contributed by atoms with Crippen LogP contribution in [0, 0.1) is 0 Å². The molecule has 7 heteroatoms. The van der Waals surface area contributed by atoms with Crippen molar-refractivity contribution in [3.63, 3.8) is 0 Å². The number of nitrogens with zero attached hydrogens (tertiary/aromatic N) is 4. The molecule has 0 saturated carbocycles. The largest absolute Gasteiger partial charge is 0.365 e. The van der Waals surface area contributed by atoms with Crippen LogP contribution in [0.3, 0.4) is 0 Å². The number of carbonyl (C=O) groups is 1. The molecule has 2 aliphatic heterocycles. The van der Waals surface area contributed by atoms with Crippen molar-refractivity contribution in [3.05, 3.63) is 17.3 Å². The minimum absolute atomic E-state index is 0.0195. The van der Waals surface area contributed by atoms with E-state index in [0.717, 1.165) is 38.3 Å². The van der Waals surface area contributed by atoms with Crippen LogP contribution in [-0.2, 0) is 22.4 Å². The van der Waals surface area contributed by atoms with Gasteiger partial charge in [-0.3, -0.25) is 9.69 Å². The lowest BCUT2D eigenvalue weighted by molar-refractivity contribution is -0.134. The minimum Gasteiger partial charge on any atom is -0.365 e. The SMILES string of the molecule is CN(CC1CNC(=O)CO1)C1CN(c2cc3c(nn2)CCC3)C1. The summed E-state index contributed by atoms with van der Waals surface area (Å²) in [5, 5.41) is 11.6. The number of rotatable bonds is 4. The average Bonchev–Trinajstić information content (AvgIpc) is 2.96. The first-order chi connectivity index (χ1) is 11.2. The molecule has 7 nitrogen and oxygen atoms in total. The fraction of sp³-hybridized carbons (Fsp3) is 0.688. The maximum absolute atomic E-state index is 11.1. The fourth-order valence-corrected chi connectivity index (χ4v) is 3.51. The van der Waals surface area contributed by atoms with Crippen LogP contribution in [0.25, 0.3) is 0 Å². The number of aryl methyl sites for hydroxylation is 2. The monoisotopic (exact) mass is 317 g/mol. The molecule has 0 spiro atoms. The molecule has 0 radical (unpaired) electrons. The molecular weight excluding hydrogens is 294 g/mol. The number of likely N-dealkylation sites (N-methyl/N-ethyl adjacent to an activating group) is 1. The second kappa shape index (κ2) is 6.05. The van der Waals surface area contributed by atoms with E-state index >= 15 is 0 Å². The normalized spacial score (nSPS) is 24.5. The summed E-state index contributed by atoms with van der Waals surface area (Å²) in [6.45, 7) is 3.58. The van der Waals surface area contributed by atoms with Gasteiger partial charge >= 0.3 is 0 Å². The number of anilines is 1. The molecule has 1 N–H and O–H groups in total. The van der Waals surface area contributed by atoms with Crippen LogP contribution in [0.4, 0.5) is 5.82 Å². The highest BCUT2D eigenvalue weighted by molar-refractivity contribution is 5.77. The van der Waals surface area contributed by atoms with Gasteiger partial charge in [0.05, 0.1) is 11.8 Å². The van der Waals surface area contributed by atoms with Gasteiger partial charge in [0.25, 0.3) is 0 Å². The first-order valence-electron chi connectivity index (χ1n) is 8.38. The molecule has 1 aromatic heterocycles. The zero-order valence-corrected chi connectivity index (χ0v) is 13.5. The van der Waals surface area contributed by atoms with E-state index in [9.17, 15) is 4.79 Å². The third-order valence-corrected chi connectivity index (χ3v) is 5.09. The zero-order chi connectivity index (χ0) is 15.8. The van der Waals surface area contributed by atoms with Gasteiger partial charge in [-0.15, -0.1) is 5.10 Å². The van der Waals surface area contributed by atoms with Gasteiger partial charge in [-0.1, -0.05) is 0 Å². The molecule has 1 aromatic rings. The summed E-state index contributed by atoms with van der Waals surface area (Å²) in [5.41, 5.74) is 2.55. The molecule has 2 fully saturated rings. The number of fused-ring (bicyclic) bond motifs is 1. The molecule has 4 rings (SSSR count). The van der Waals surface area contributed by atoms with Crippen molar-refractivity contribution in [2.45, 2.75) is 31.4 Å². The van der Waals surface area contributed by atoms with Crippen molar-refractivity contribution in [1.29, 1.82) is 0 Å². The smallest absolute Gasteiger partial charge is 0.246 e. The van der Waals surface area contributed by atoms with Crippen molar-refractivity contribution >= 4 is 11.7 Å². The van der Waals surface area contributed by atoms with Gasteiger partial charge in [-0.25, -0.2) is 0 Å². The van der Waals surface area contributed by atoms with Gasteiger partial charge in [0.2, 0.25) is 5.91 Å². The summed E-state index contributed by atoms with van der Waals surface area (Å²) in [6, 6.07) is 2.72. The summed E-state index contributed by atoms with van der Waals surface area (Å²) in [7, 11) is 2.12. The van der Waals surface area contributed by atoms with Crippen molar-refractivity contribution in [1.82, 2.24) is 20.4 Å². The van der Waals surface area contributed by atoms with E-state index in [4.69, 9.17) is 4.74 Å². The lowest BCUT2D eigenvalue weighted by atomic mass is 10.1. The van der Waals surface area contributed by atoms with Crippen molar-refractivity contribution in [2.75, 3.05) is 44.7 Å². The van der Waals surface area contributed by atoms with E-state index in [1.807, 2.05) is 0 Å². The van der Waals surface area contributed by atoms with Gasteiger partial charge < -0.3 is 15.0 Å². The highest BCUT2D eigenvalue weighted by Crippen LogP contribution is 2.26. The molecule has 1 unspecified atom stereocenters. The number of hydrogen-bond donors (Lipinski definition) is 1. The van der Waals surface area contributed by atoms with Crippen LogP contribution in [-0.4, -0.2) is 73.0 Å². The molecule has 124 valence electrons. The molecule has 1 aliphatic carbocycles. The molecule has 2 saturated heterocycles. The molecular formula is C16H23N5O2. The van der Waals surface area contributed by atoms with Gasteiger partial charge in [-0.05, 0) is 37.9 Å². The molecule has 1 amide bonds. The third-order valence-electron chi connectivity index (χ3n) is 5.09. The Morgan fingerprint density at radius 3 is 3.04 bits per heavy atom. The number of hydrogen-bond acceptors (Lipinski definition) is 6. The summed E-state index contributed by atoms with van der Waals surface area (Å²) in [4.78, 5) is 15.7. The highest BCUT2D eigenvalue weighted by atomic mass is 16.5. The highest BCUT2D eigenvalue weighted by Gasteiger charge is 2.33. The Hall–Kier alpha value is -1.73. The van der Waals surface area contributed by atoms with E-state index < -0.39 is 0 Å². The summed E-state index contributed by atoms with van der Waals surface area (Å²) < 4.78 is 5.55. The maximum Gasteiger partial charge on any atom is 0.246 e. The molecule has 3 aliphatic rings. The Labute approximate surface area is 136 Å². The molecule has 0 bridgehead atoms. The van der Waals surface area contributed by atoms with Gasteiger partial charge in [0.15, 0.2) is 5.82 Å². The number of amides is 1. The lowest BCUT2D eigenvalue weighted by Gasteiger charge is -2.45. The van der Waals surface area contributed by atoms with E-state index in [0.29, 0.717) is 12.6 Å². The maximum atomic E-state index is 11.1. The Balaban J connectivity index is 1.28. The van der Waals surface area contributed by atoms with E-state index in [-0.39, 0.29) is 18.6 Å². The zero-order valence-electron chi connectivity index (χ0n) is 13.5. The number of aromatic nitrogens is 2. The first-order valence-corrected chi connectivity index (χ1v) is 8.38. The molecule has 3 heterocycles. The Morgan fingerprint density at radius 2 is 2.26 bits per heavy atom. The fourth-order valence-electron chi connectivity index (χ4n) is 3.51. The predicted octanol–water partition coefficient (Wildman–Crippen LogP) is -0.399. The first kappa shape index (κ1) is 14.8. The summed E-state index contributed by atoms with van der Waals surface area (Å²) in [6.07, 6.45) is 3.51. The average molecular weight is 317 g/mol. The van der Waals surface area contributed by atoms with Crippen LogP contribution < -0.4 is 10.2 Å². The van der Waals surface area contributed by atoms with Crippen LogP contribution in [0.15, 0.2) is 6.07 Å². The minimum atomic E-state index is -0.0195. The molecule has 23 heavy (non-hydrogen) atoms. The summed E-state index contributed by atoms with van der Waals surface area (Å²) >= 11 is 0. The summed E-state index contributed by atoms with van der Waals surface area (Å²) in [5.74, 6) is 0.991. The van der Waals surface area contributed by atoms with Crippen molar-refractivity contribution < 1.29 is 9.53 Å². The number of morpholine rings is 1. The van der Waals surface area contributed by atoms with Gasteiger partial charge in [0, 0.05) is 32.2 Å². The van der Waals surface area contributed by atoms with Gasteiger partial charge in [0.1, 0.15) is 6.61 Å². The topological polar surface area (TPSA) is 70.6 Å². The number of carbonyl (C=O) groups excluding carboxylic acids is 1. The molecule has 0 aromatic carbocycles. The Kier molecular flexibility index (Phi) is 3.90. The Morgan fingerprint density at radius 1 is 1.39 bits per heavy atom. The van der Waals surface area contributed by atoms with E-state index in [1.54, 1.807) is 0 Å². The van der Waals surface area contributed by atoms with Crippen LogP contribution in [0.2, 0.25) is 0 Å². The van der Waals surface area contributed by atoms with E-state index in [1.165, 1.54) is 17.7 Å². The second-order valence-corrected chi connectivity index (χ2v) is 6.76. The number of nitrogens with one attached hydrogen (secondary N) is 1. The number of ether oxygens (including phenoxy) is 1. The standard InChI is InChI=1S/C16H23N5O2/c1-20(9-13-6-17-16(22)10-23-13)12-7-21(8-12)15-5-11-3-2-4-14(11)18-19-15/h5,12-13H,2-4,6-10H2,1H3,(H,17,22). The second-order valence-electron chi connectivity index (χ2n) is 6.76. The lowest BCUT2D eigenvalue weighted by Crippen LogP contribution is -2.61. The molecule has 1 atom stereocenters. The third kappa shape index (κ3) is 3.03. The quantitative estimate of drug-likeness (QED) is 0.815. The van der Waals surface area contributed by atoms with E-state index in [2.05, 4.69) is 38.4 Å². The predicted molar refractivity (Wildman–Crippen MR) is 85.4 cm³/mol. The van der Waals surface area contributed by atoms with Crippen LogP contribution >= 0.6 is 0 Å².